The molecule has 0 bridgehead atoms. The number of aromatic hydroxyl groups is 1. The number of azo groups is 1. The Morgan fingerprint density at radius 2 is 1.77 bits per heavy atom. The van der Waals surface area contributed by atoms with Gasteiger partial charge in [-0.05, 0) is 41.8 Å². The predicted octanol–water partition coefficient (Wildman–Crippen LogP) is 2.97. The second-order valence-electron chi connectivity index (χ2n) is 6.43. The molecule has 3 rings (SSSR count). The molecule has 0 aliphatic rings. The van der Waals surface area contributed by atoms with Gasteiger partial charge in [0.15, 0.2) is 5.75 Å². The first-order valence-corrected chi connectivity index (χ1v) is 11.5. The van der Waals surface area contributed by atoms with E-state index in [0.29, 0.717) is 5.69 Å². The zero-order valence-electron chi connectivity index (χ0n) is 15.8. The van der Waals surface area contributed by atoms with Crippen LogP contribution in [0.2, 0.25) is 0 Å². The Morgan fingerprint density at radius 3 is 2.39 bits per heavy atom. The molecule has 0 saturated carbocycles. The van der Waals surface area contributed by atoms with Gasteiger partial charge in [0.05, 0.1) is 11.0 Å². The second kappa shape index (κ2) is 8.17. The number of nitrogens with one attached hydrogen (secondary N) is 1. The quantitative estimate of drug-likeness (QED) is 0.216. The summed E-state index contributed by atoms with van der Waals surface area (Å²) in [5, 5.41) is 20.6. The molecule has 0 heterocycles. The summed E-state index contributed by atoms with van der Waals surface area (Å²) in [6.45, 7) is 1.29. The Morgan fingerprint density at radius 1 is 1.06 bits per heavy atom. The smallest absolute Gasteiger partial charge is 0.356 e. The van der Waals surface area contributed by atoms with Gasteiger partial charge in [-0.25, -0.2) is 0 Å². The van der Waals surface area contributed by atoms with Crippen molar-refractivity contribution in [1.82, 2.24) is 0 Å². The zero-order chi connectivity index (χ0) is 23.0. The van der Waals surface area contributed by atoms with Crippen LogP contribution in [0.25, 0.3) is 10.8 Å². The molecule has 31 heavy (non-hydrogen) atoms. The molecule has 13 heteroatoms. The minimum absolute atomic E-state index is 0.0337. The highest BCUT2D eigenvalue weighted by Gasteiger charge is 2.22. The molecule has 0 aromatic heterocycles. The maximum Gasteiger partial charge on any atom is 0.356 e. The SMILES string of the molecule is CC(=O)Nc1ccc2cc(S(=O)(=O)O)c(N=Nc3cccc(P(=O)(O)O)c3)c(O)c2c1. The first-order valence-electron chi connectivity index (χ1n) is 8.49. The fourth-order valence-corrected chi connectivity index (χ4v) is 4.00. The molecule has 0 fully saturated rings. The van der Waals surface area contributed by atoms with Crippen LogP contribution in [-0.4, -0.2) is 33.8 Å². The van der Waals surface area contributed by atoms with E-state index < -0.39 is 34.0 Å². The number of rotatable bonds is 5. The highest BCUT2D eigenvalue weighted by atomic mass is 32.2. The highest BCUT2D eigenvalue weighted by Crippen LogP contribution is 2.42. The number of amides is 1. The first-order chi connectivity index (χ1) is 14.4. The molecule has 3 aromatic carbocycles. The molecule has 0 aliphatic heterocycles. The van der Waals surface area contributed by atoms with Crippen molar-refractivity contribution >= 4 is 56.8 Å². The highest BCUT2D eigenvalue weighted by molar-refractivity contribution is 7.86. The average Bonchev–Trinajstić information content (AvgIpc) is 2.66. The number of anilines is 1. The minimum Gasteiger partial charge on any atom is -0.505 e. The third-order valence-corrected chi connectivity index (χ3v) is 5.90. The zero-order valence-corrected chi connectivity index (χ0v) is 17.5. The number of fused-ring (bicyclic) bond motifs is 1. The van der Waals surface area contributed by atoms with Crippen molar-refractivity contribution in [1.29, 1.82) is 0 Å². The van der Waals surface area contributed by atoms with Crippen LogP contribution in [0.1, 0.15) is 6.92 Å². The Balaban J connectivity index is 2.19. The molecule has 1 amide bonds. The Hall–Kier alpha value is -3.15. The number of carbonyl (C=O) groups excluding carboxylic acids is 1. The van der Waals surface area contributed by atoms with Crippen LogP contribution in [0.5, 0.6) is 5.75 Å². The molecule has 162 valence electrons. The molecule has 5 N–H and O–H groups in total. The molecule has 0 atom stereocenters. The lowest BCUT2D eigenvalue weighted by Gasteiger charge is -2.10. The summed E-state index contributed by atoms with van der Waals surface area (Å²) in [6.07, 6.45) is 0. The topological polar surface area (TPSA) is 186 Å². The number of phenols is 1. The standard InChI is InChI=1S/C18H16N3O8PS/c1-10(22)19-12-6-5-11-7-16(31(27,28)29)17(18(23)15(11)9-12)21-20-13-3-2-4-14(8-13)30(24,25)26/h2-9,23H,1H3,(H,19,22)(H2,24,25,26)(H,27,28,29). The molecule has 0 saturated heterocycles. The number of phenolic OH excluding ortho intramolecular Hbond substituents is 1. The van der Waals surface area contributed by atoms with E-state index in [1.165, 1.54) is 43.3 Å². The fourth-order valence-electron chi connectivity index (χ4n) is 2.76. The number of nitrogens with zero attached hydrogens (tertiary/aromatic N) is 2. The lowest BCUT2D eigenvalue weighted by Crippen LogP contribution is -2.05. The molecular formula is C18H16N3O8PS. The molecule has 0 radical (unpaired) electrons. The Bertz CT molecular complexity index is 1380. The van der Waals surface area contributed by atoms with Gasteiger partial charge in [-0.2, -0.15) is 13.5 Å². The van der Waals surface area contributed by atoms with E-state index in [9.17, 15) is 37.2 Å². The average molecular weight is 465 g/mol. The normalized spacial score (nSPS) is 12.4. The van der Waals surface area contributed by atoms with E-state index >= 15 is 0 Å². The van der Waals surface area contributed by atoms with Crippen LogP contribution >= 0.6 is 7.60 Å². The van der Waals surface area contributed by atoms with E-state index in [1.807, 2.05) is 0 Å². The third-order valence-electron chi connectivity index (χ3n) is 4.08. The summed E-state index contributed by atoms with van der Waals surface area (Å²) in [7, 11) is -9.38. The van der Waals surface area contributed by atoms with Crippen molar-refractivity contribution in [2.75, 3.05) is 5.32 Å². The van der Waals surface area contributed by atoms with Crippen LogP contribution in [0.3, 0.4) is 0 Å². The summed E-state index contributed by atoms with van der Waals surface area (Å²) < 4.78 is 44.7. The lowest BCUT2D eigenvalue weighted by atomic mass is 10.1. The Labute approximate surface area is 176 Å². The van der Waals surface area contributed by atoms with Crippen LogP contribution in [-0.2, 0) is 19.5 Å². The first kappa shape index (κ1) is 22.5. The summed E-state index contributed by atoms with van der Waals surface area (Å²) >= 11 is 0. The third kappa shape index (κ3) is 5.13. The van der Waals surface area contributed by atoms with Gasteiger partial charge in [0.2, 0.25) is 5.91 Å². The summed E-state index contributed by atoms with van der Waals surface area (Å²) in [5.74, 6) is -0.995. The van der Waals surface area contributed by atoms with E-state index in [2.05, 4.69) is 15.5 Å². The number of hydrogen-bond acceptors (Lipinski definition) is 7. The van der Waals surface area contributed by atoms with Crippen LogP contribution < -0.4 is 10.6 Å². The monoisotopic (exact) mass is 465 g/mol. The van der Waals surface area contributed by atoms with Gasteiger partial charge in [0.25, 0.3) is 10.1 Å². The minimum atomic E-state index is -4.82. The summed E-state index contributed by atoms with van der Waals surface area (Å²) in [4.78, 5) is 29.1. The van der Waals surface area contributed by atoms with Crippen LogP contribution in [0.15, 0.2) is 63.7 Å². The van der Waals surface area contributed by atoms with Gasteiger partial charge in [-0.3, -0.25) is 13.9 Å². The summed E-state index contributed by atoms with van der Waals surface area (Å²) in [5.41, 5.74) is -0.294. The number of benzene rings is 3. The predicted molar refractivity (Wildman–Crippen MR) is 112 cm³/mol. The number of hydrogen-bond donors (Lipinski definition) is 5. The fraction of sp³-hybridized carbons (Fsp3) is 0.0556. The van der Waals surface area contributed by atoms with Crippen molar-refractivity contribution in [2.45, 2.75) is 11.8 Å². The number of carbonyl (C=O) groups is 1. The van der Waals surface area contributed by atoms with E-state index in [1.54, 1.807) is 0 Å². The molecular weight excluding hydrogens is 449 g/mol. The van der Waals surface area contributed by atoms with Crippen molar-refractivity contribution in [3.63, 3.8) is 0 Å². The molecule has 3 aromatic rings. The van der Waals surface area contributed by atoms with Gasteiger partial charge in [-0.1, -0.05) is 12.1 Å². The van der Waals surface area contributed by atoms with Crippen LogP contribution in [0, 0.1) is 0 Å². The molecule has 0 spiro atoms. The largest absolute Gasteiger partial charge is 0.505 e. The lowest BCUT2D eigenvalue weighted by molar-refractivity contribution is -0.114. The van der Waals surface area contributed by atoms with Crippen molar-refractivity contribution < 1.29 is 37.2 Å². The Kier molecular flexibility index (Phi) is 5.94. The second-order valence-corrected chi connectivity index (χ2v) is 9.42. The molecule has 0 unspecified atom stereocenters. The van der Waals surface area contributed by atoms with Gasteiger partial charge in [-0.15, -0.1) is 5.11 Å². The molecule has 0 aliphatic carbocycles. The summed E-state index contributed by atoms with van der Waals surface area (Å²) in [6, 6.07) is 10.3. The molecule has 11 nitrogen and oxygen atoms in total. The van der Waals surface area contributed by atoms with Crippen LogP contribution in [0.4, 0.5) is 17.1 Å². The van der Waals surface area contributed by atoms with E-state index in [0.717, 1.165) is 12.1 Å². The van der Waals surface area contributed by atoms with E-state index in [4.69, 9.17) is 0 Å². The van der Waals surface area contributed by atoms with E-state index in [-0.39, 0.29) is 27.7 Å². The van der Waals surface area contributed by atoms with Crippen molar-refractivity contribution in [2.24, 2.45) is 10.2 Å². The maximum atomic E-state index is 11.8. The van der Waals surface area contributed by atoms with Gasteiger partial charge < -0.3 is 20.2 Å². The van der Waals surface area contributed by atoms with Gasteiger partial charge >= 0.3 is 7.60 Å². The van der Waals surface area contributed by atoms with Crippen molar-refractivity contribution in [3.05, 3.63) is 48.5 Å². The van der Waals surface area contributed by atoms with Crippen molar-refractivity contribution in [3.8, 4) is 5.75 Å². The maximum absolute atomic E-state index is 11.8. The van der Waals surface area contributed by atoms with Gasteiger partial charge in [0.1, 0.15) is 10.6 Å². The van der Waals surface area contributed by atoms with Gasteiger partial charge in [0, 0.05) is 18.0 Å².